The summed E-state index contributed by atoms with van der Waals surface area (Å²) in [4.78, 5) is 20.0. The first-order chi connectivity index (χ1) is 11.0. The maximum atomic E-state index is 12.1. The molecule has 0 amide bonds. The van der Waals surface area contributed by atoms with E-state index in [0.717, 1.165) is 32.1 Å². The maximum absolute atomic E-state index is 12.1. The van der Waals surface area contributed by atoms with Gasteiger partial charge in [0.05, 0.1) is 23.3 Å². The fourth-order valence-electron chi connectivity index (χ4n) is 2.56. The highest BCUT2D eigenvalue weighted by molar-refractivity contribution is 9.10. The summed E-state index contributed by atoms with van der Waals surface area (Å²) in [6, 6.07) is 7.92. The molecule has 0 fully saturated rings. The number of ether oxygens (including phenoxy) is 1. The Hall–Kier alpha value is -2.08. The normalized spacial score (nSPS) is 11.3. The van der Waals surface area contributed by atoms with E-state index in [9.17, 15) is 4.79 Å². The number of aromatic nitrogens is 2. The summed E-state index contributed by atoms with van der Waals surface area (Å²) in [7, 11) is 0. The Morgan fingerprint density at radius 1 is 1.39 bits per heavy atom. The van der Waals surface area contributed by atoms with Gasteiger partial charge in [-0.25, -0.2) is 9.78 Å². The molecule has 0 atom stereocenters. The molecule has 120 valence electrons. The van der Waals surface area contributed by atoms with Crippen LogP contribution in [0.2, 0.25) is 0 Å². The number of esters is 1. The van der Waals surface area contributed by atoms with Crippen molar-refractivity contribution in [3.8, 4) is 0 Å². The second-order valence-corrected chi connectivity index (χ2v) is 6.53. The van der Waals surface area contributed by atoms with Gasteiger partial charge in [0.1, 0.15) is 0 Å². The van der Waals surface area contributed by atoms with E-state index in [0.29, 0.717) is 12.3 Å². The molecule has 5 nitrogen and oxygen atoms in total. The van der Waals surface area contributed by atoms with E-state index in [2.05, 4.69) is 45.1 Å². The lowest BCUT2D eigenvalue weighted by Crippen LogP contribution is -2.13. The Morgan fingerprint density at radius 2 is 2.17 bits per heavy atom. The van der Waals surface area contributed by atoms with Gasteiger partial charge in [0.25, 0.3) is 0 Å². The summed E-state index contributed by atoms with van der Waals surface area (Å²) in [5.74, 6) is -0.410. The van der Waals surface area contributed by atoms with Crippen molar-refractivity contribution in [1.82, 2.24) is 9.97 Å². The van der Waals surface area contributed by atoms with Crippen LogP contribution in [0.3, 0.4) is 0 Å². The number of hydrogen-bond acceptors (Lipinski definition) is 4. The lowest BCUT2D eigenvalue weighted by Gasteiger charge is -2.12. The van der Waals surface area contributed by atoms with Crippen molar-refractivity contribution in [3.05, 3.63) is 34.4 Å². The fraction of sp³-hybridized carbons (Fsp3) is 0.294. The van der Waals surface area contributed by atoms with Crippen LogP contribution in [0.1, 0.15) is 31.3 Å². The molecule has 0 aliphatic heterocycles. The number of benzene rings is 1. The van der Waals surface area contributed by atoms with Gasteiger partial charge in [-0.15, -0.1) is 0 Å². The Morgan fingerprint density at radius 3 is 2.87 bits per heavy atom. The molecule has 2 heterocycles. The molecule has 0 saturated carbocycles. The second-order valence-electron chi connectivity index (χ2n) is 5.61. The van der Waals surface area contributed by atoms with Gasteiger partial charge >= 0.3 is 5.97 Å². The maximum Gasteiger partial charge on any atom is 0.357 e. The first kappa shape index (κ1) is 15.8. The number of rotatable bonds is 4. The molecule has 1 aromatic carbocycles. The molecule has 0 saturated heterocycles. The van der Waals surface area contributed by atoms with Crippen molar-refractivity contribution in [2.24, 2.45) is 0 Å². The molecule has 0 unspecified atom stereocenters. The molecular formula is C17H18BrN3O2. The van der Waals surface area contributed by atoms with E-state index >= 15 is 0 Å². The highest BCUT2D eigenvalue weighted by Crippen LogP contribution is 2.31. The van der Waals surface area contributed by atoms with E-state index < -0.39 is 5.97 Å². The predicted octanol–water partition coefficient (Wildman–Crippen LogP) is 4.48. The van der Waals surface area contributed by atoms with Crippen LogP contribution in [0.5, 0.6) is 0 Å². The predicted molar refractivity (Wildman–Crippen MR) is 96.0 cm³/mol. The molecule has 2 aromatic heterocycles. The van der Waals surface area contributed by atoms with E-state index in [-0.39, 0.29) is 6.04 Å². The molecule has 6 heteroatoms. The van der Waals surface area contributed by atoms with E-state index in [1.54, 1.807) is 13.0 Å². The molecule has 3 rings (SSSR count). The van der Waals surface area contributed by atoms with Crippen molar-refractivity contribution in [3.63, 3.8) is 0 Å². The number of anilines is 1. The largest absolute Gasteiger partial charge is 0.461 e. The number of nitrogens with one attached hydrogen (secondary N) is 2. The van der Waals surface area contributed by atoms with Crippen LogP contribution >= 0.6 is 15.9 Å². The molecule has 23 heavy (non-hydrogen) atoms. The van der Waals surface area contributed by atoms with Crippen molar-refractivity contribution in [2.75, 3.05) is 11.9 Å². The van der Waals surface area contributed by atoms with Gasteiger partial charge in [0.15, 0.2) is 5.69 Å². The lowest BCUT2D eigenvalue weighted by atomic mass is 10.2. The topological polar surface area (TPSA) is 67.0 Å². The quantitative estimate of drug-likeness (QED) is 0.659. The number of H-pyrrole nitrogens is 1. The third kappa shape index (κ3) is 3.03. The minimum absolute atomic E-state index is 0.230. The van der Waals surface area contributed by atoms with Gasteiger partial charge in [0.2, 0.25) is 0 Å². The smallest absolute Gasteiger partial charge is 0.357 e. The van der Waals surface area contributed by atoms with Crippen LogP contribution in [0, 0.1) is 0 Å². The summed E-state index contributed by atoms with van der Waals surface area (Å²) in [5.41, 5.74) is 3.78. The lowest BCUT2D eigenvalue weighted by molar-refractivity contribution is 0.0520. The zero-order chi connectivity index (χ0) is 16.6. The average molecular weight is 376 g/mol. The van der Waals surface area contributed by atoms with Crippen LogP contribution in [0.15, 0.2) is 28.7 Å². The average Bonchev–Trinajstić information content (AvgIpc) is 2.84. The number of halogens is 1. The summed E-state index contributed by atoms with van der Waals surface area (Å²) in [6.45, 7) is 6.21. The van der Waals surface area contributed by atoms with Crippen LogP contribution in [0.4, 0.5) is 5.69 Å². The van der Waals surface area contributed by atoms with Gasteiger partial charge < -0.3 is 15.0 Å². The summed E-state index contributed by atoms with van der Waals surface area (Å²) in [5, 5.41) is 4.34. The van der Waals surface area contributed by atoms with Gasteiger partial charge in [0, 0.05) is 21.4 Å². The van der Waals surface area contributed by atoms with Gasteiger partial charge in [-0.05, 0) is 45.0 Å². The van der Waals surface area contributed by atoms with Crippen LogP contribution < -0.4 is 5.32 Å². The zero-order valence-electron chi connectivity index (χ0n) is 13.2. The van der Waals surface area contributed by atoms with E-state index in [1.807, 2.05) is 18.2 Å². The summed E-state index contributed by atoms with van der Waals surface area (Å²) >= 11 is 3.48. The Labute approximate surface area is 142 Å². The Balaban J connectivity index is 2.27. The van der Waals surface area contributed by atoms with Crippen LogP contribution in [-0.2, 0) is 4.74 Å². The number of carbonyl (C=O) groups excluding carboxylic acids is 1. The molecular weight excluding hydrogens is 358 g/mol. The minimum atomic E-state index is -0.410. The van der Waals surface area contributed by atoms with Crippen LogP contribution in [0.25, 0.3) is 21.9 Å². The van der Waals surface area contributed by atoms with Crippen molar-refractivity contribution in [1.29, 1.82) is 0 Å². The van der Waals surface area contributed by atoms with E-state index in [1.165, 1.54) is 0 Å². The Bertz CT molecular complexity index is 886. The first-order valence-corrected chi connectivity index (χ1v) is 8.34. The SMILES string of the molecule is CCOC(=O)c1cc(NC(C)C)c2[nH]c3cc(Br)ccc3c2n1. The zero-order valence-corrected chi connectivity index (χ0v) is 14.8. The molecule has 0 spiro atoms. The number of fused-ring (bicyclic) bond motifs is 3. The minimum Gasteiger partial charge on any atom is -0.461 e. The number of aromatic amines is 1. The van der Waals surface area contributed by atoms with Crippen LogP contribution in [-0.4, -0.2) is 28.6 Å². The van der Waals surface area contributed by atoms with Gasteiger partial charge in [-0.1, -0.05) is 15.9 Å². The Kier molecular flexibility index (Phi) is 4.26. The standard InChI is InChI=1S/C17H18BrN3O2/c1-4-23-17(22)14-8-13(19-9(2)3)16-15(21-14)11-6-5-10(18)7-12(11)20-16/h5-9,20H,4H2,1-3H3,(H,19,21). The van der Waals surface area contributed by atoms with Crippen molar-refractivity contribution >= 4 is 49.5 Å². The molecule has 0 aliphatic rings. The highest BCUT2D eigenvalue weighted by Gasteiger charge is 2.17. The number of nitrogens with zero attached hydrogens (tertiary/aromatic N) is 1. The third-order valence-electron chi connectivity index (χ3n) is 3.44. The van der Waals surface area contributed by atoms with Crippen molar-refractivity contribution in [2.45, 2.75) is 26.8 Å². The van der Waals surface area contributed by atoms with Gasteiger partial charge in [-0.3, -0.25) is 0 Å². The molecule has 3 aromatic rings. The second kappa shape index (κ2) is 6.20. The van der Waals surface area contributed by atoms with Gasteiger partial charge in [-0.2, -0.15) is 0 Å². The van der Waals surface area contributed by atoms with Crippen molar-refractivity contribution < 1.29 is 9.53 Å². The summed E-state index contributed by atoms with van der Waals surface area (Å²) in [6.07, 6.45) is 0. The molecule has 0 bridgehead atoms. The monoisotopic (exact) mass is 375 g/mol. The first-order valence-electron chi connectivity index (χ1n) is 7.55. The fourth-order valence-corrected chi connectivity index (χ4v) is 2.92. The third-order valence-corrected chi connectivity index (χ3v) is 3.94. The van der Waals surface area contributed by atoms with E-state index in [4.69, 9.17) is 4.74 Å². The number of pyridine rings is 1. The molecule has 0 aliphatic carbocycles. The number of carbonyl (C=O) groups is 1. The highest BCUT2D eigenvalue weighted by atomic mass is 79.9. The molecule has 2 N–H and O–H groups in total. The summed E-state index contributed by atoms with van der Waals surface area (Å²) < 4.78 is 6.08. The number of hydrogen-bond donors (Lipinski definition) is 2. The molecule has 0 radical (unpaired) electrons.